The van der Waals surface area contributed by atoms with Gasteiger partial charge in [0.1, 0.15) is 0 Å². The van der Waals surface area contributed by atoms with Crippen molar-refractivity contribution >= 4 is 22.7 Å². The molecule has 2 aliphatic rings. The van der Waals surface area contributed by atoms with Gasteiger partial charge in [0.25, 0.3) is 0 Å². The lowest BCUT2D eigenvalue weighted by molar-refractivity contribution is 0.190. The molecule has 0 spiro atoms. The van der Waals surface area contributed by atoms with Gasteiger partial charge in [0.2, 0.25) is 0 Å². The summed E-state index contributed by atoms with van der Waals surface area (Å²) in [6, 6.07) is 34.6. The standard InChI is InChI=1S/C31H30N2O/c34-27(21-32-28-13-5-1-9-23(28)17-18-24-10-2-6-14-29(24)32)22-33-30-15-7-3-11-25(30)19-20-26-12-4-8-16-31(26)33/h1-16,27,34H,17-22H2. The monoisotopic (exact) mass is 446 g/mol. The molecule has 0 amide bonds. The van der Waals surface area contributed by atoms with Crippen LogP contribution in [0.5, 0.6) is 0 Å². The molecule has 1 N–H and O–H groups in total. The summed E-state index contributed by atoms with van der Waals surface area (Å²) in [5.74, 6) is 0. The van der Waals surface area contributed by atoms with Crippen molar-refractivity contribution in [1.29, 1.82) is 0 Å². The van der Waals surface area contributed by atoms with Gasteiger partial charge in [-0.2, -0.15) is 0 Å². The summed E-state index contributed by atoms with van der Waals surface area (Å²) in [6.07, 6.45) is 3.55. The Hall–Kier alpha value is -3.56. The molecule has 6 rings (SSSR count). The highest BCUT2D eigenvalue weighted by atomic mass is 16.3. The van der Waals surface area contributed by atoms with Crippen LogP contribution in [0, 0.1) is 0 Å². The zero-order valence-electron chi connectivity index (χ0n) is 19.4. The number of anilines is 4. The molecule has 0 unspecified atom stereocenters. The summed E-state index contributed by atoms with van der Waals surface area (Å²) >= 11 is 0. The van der Waals surface area contributed by atoms with Crippen molar-refractivity contribution < 1.29 is 5.11 Å². The molecule has 0 aliphatic carbocycles. The van der Waals surface area contributed by atoms with Crippen LogP contribution in [0.25, 0.3) is 0 Å². The summed E-state index contributed by atoms with van der Waals surface area (Å²) in [6.45, 7) is 1.10. The second-order valence-corrected chi connectivity index (χ2v) is 9.39. The lowest BCUT2D eigenvalue weighted by Gasteiger charge is -2.33. The Balaban J connectivity index is 1.35. The van der Waals surface area contributed by atoms with Crippen molar-refractivity contribution in [2.45, 2.75) is 31.8 Å². The Morgan fingerprint density at radius 1 is 0.471 bits per heavy atom. The summed E-state index contributed by atoms with van der Waals surface area (Å²) < 4.78 is 0. The smallest absolute Gasteiger partial charge is 0.0898 e. The van der Waals surface area contributed by atoms with E-state index in [0.29, 0.717) is 13.1 Å². The summed E-state index contributed by atoms with van der Waals surface area (Å²) in [5, 5.41) is 11.6. The van der Waals surface area contributed by atoms with Crippen LogP contribution >= 0.6 is 0 Å². The number of hydrogen-bond acceptors (Lipinski definition) is 3. The largest absolute Gasteiger partial charge is 0.389 e. The van der Waals surface area contributed by atoms with Crippen LogP contribution < -0.4 is 9.80 Å². The first-order chi connectivity index (χ1) is 16.8. The lowest BCUT2D eigenvalue weighted by Crippen LogP contribution is -2.37. The van der Waals surface area contributed by atoms with Gasteiger partial charge in [-0.1, -0.05) is 72.8 Å². The van der Waals surface area contributed by atoms with Crippen LogP contribution in [0.15, 0.2) is 97.1 Å². The molecule has 0 saturated carbocycles. The van der Waals surface area contributed by atoms with Crippen molar-refractivity contribution in [2.24, 2.45) is 0 Å². The highest BCUT2D eigenvalue weighted by Gasteiger charge is 2.26. The van der Waals surface area contributed by atoms with Gasteiger partial charge in [-0.15, -0.1) is 0 Å². The first-order valence-electron chi connectivity index (χ1n) is 12.3. The number of rotatable bonds is 4. The molecule has 4 aromatic carbocycles. The number of aliphatic hydroxyl groups is 1. The van der Waals surface area contributed by atoms with Crippen molar-refractivity contribution in [3.05, 3.63) is 119 Å². The third-order valence-electron chi connectivity index (χ3n) is 7.24. The molecule has 0 saturated heterocycles. The minimum absolute atomic E-state index is 0.529. The lowest BCUT2D eigenvalue weighted by atomic mass is 10.0. The third kappa shape index (κ3) is 3.86. The molecule has 0 aromatic heterocycles. The predicted molar refractivity (Wildman–Crippen MR) is 141 cm³/mol. The van der Waals surface area contributed by atoms with E-state index in [1.165, 1.54) is 45.0 Å². The summed E-state index contributed by atoms with van der Waals surface area (Å²) in [4.78, 5) is 4.66. The van der Waals surface area contributed by atoms with E-state index in [2.05, 4.69) is 107 Å². The van der Waals surface area contributed by atoms with Crippen molar-refractivity contribution in [1.82, 2.24) is 0 Å². The van der Waals surface area contributed by atoms with Gasteiger partial charge in [-0.05, 0) is 72.2 Å². The fourth-order valence-corrected chi connectivity index (χ4v) is 5.61. The van der Waals surface area contributed by atoms with E-state index in [0.717, 1.165) is 25.7 Å². The number of aliphatic hydroxyl groups excluding tert-OH is 1. The molecular formula is C31H30N2O. The third-order valence-corrected chi connectivity index (χ3v) is 7.24. The van der Waals surface area contributed by atoms with Crippen LogP contribution in [0.3, 0.4) is 0 Å². The number of nitrogens with zero attached hydrogens (tertiary/aromatic N) is 2. The van der Waals surface area contributed by atoms with Gasteiger partial charge < -0.3 is 14.9 Å². The Morgan fingerprint density at radius 2 is 0.735 bits per heavy atom. The molecular weight excluding hydrogens is 416 g/mol. The van der Waals surface area contributed by atoms with Gasteiger partial charge in [-0.3, -0.25) is 0 Å². The summed E-state index contributed by atoms with van der Waals surface area (Å²) in [7, 11) is 0. The molecule has 0 radical (unpaired) electrons. The maximum absolute atomic E-state index is 11.6. The first kappa shape index (κ1) is 21.0. The maximum atomic E-state index is 11.6. The first-order valence-corrected chi connectivity index (χ1v) is 12.3. The van der Waals surface area contributed by atoms with E-state index in [-0.39, 0.29) is 0 Å². The Morgan fingerprint density at radius 3 is 1.03 bits per heavy atom. The van der Waals surface area contributed by atoms with E-state index in [4.69, 9.17) is 0 Å². The SMILES string of the molecule is OC(CN1c2ccccc2CCc2ccccc21)CN1c2ccccc2CCc2ccccc21. The molecule has 4 aromatic rings. The van der Waals surface area contributed by atoms with E-state index in [1.54, 1.807) is 0 Å². The molecule has 3 heteroatoms. The molecule has 2 aliphatic heterocycles. The van der Waals surface area contributed by atoms with Gasteiger partial charge in [0, 0.05) is 22.7 Å². The fourth-order valence-electron chi connectivity index (χ4n) is 5.61. The summed E-state index contributed by atoms with van der Waals surface area (Å²) in [5.41, 5.74) is 10.2. The van der Waals surface area contributed by atoms with Crippen molar-refractivity contribution in [3.63, 3.8) is 0 Å². The molecule has 3 nitrogen and oxygen atoms in total. The van der Waals surface area contributed by atoms with E-state index in [9.17, 15) is 5.11 Å². The number of aryl methyl sites for hydroxylation is 4. The molecule has 0 bridgehead atoms. The van der Waals surface area contributed by atoms with Gasteiger partial charge in [-0.25, -0.2) is 0 Å². The molecule has 2 heterocycles. The molecule has 0 atom stereocenters. The molecule has 0 fully saturated rings. The predicted octanol–water partition coefficient (Wildman–Crippen LogP) is 6.22. The Kier molecular flexibility index (Phi) is 5.56. The highest BCUT2D eigenvalue weighted by molar-refractivity contribution is 5.73. The quantitative estimate of drug-likeness (QED) is 0.403. The van der Waals surface area contributed by atoms with Crippen molar-refractivity contribution in [3.8, 4) is 0 Å². The minimum Gasteiger partial charge on any atom is -0.389 e. The zero-order chi connectivity index (χ0) is 22.9. The van der Waals surface area contributed by atoms with Crippen LogP contribution in [-0.4, -0.2) is 24.3 Å². The Bertz CT molecular complexity index is 1120. The second kappa shape index (κ2) is 9.00. The van der Waals surface area contributed by atoms with E-state index < -0.39 is 6.10 Å². The number of benzene rings is 4. The average Bonchev–Trinajstić information content (AvgIpc) is 3.14. The van der Waals surface area contributed by atoms with Crippen LogP contribution in [0.1, 0.15) is 22.3 Å². The van der Waals surface area contributed by atoms with Crippen LogP contribution in [0.4, 0.5) is 22.7 Å². The van der Waals surface area contributed by atoms with E-state index >= 15 is 0 Å². The van der Waals surface area contributed by atoms with Gasteiger partial charge in [0.15, 0.2) is 0 Å². The number of para-hydroxylation sites is 4. The number of hydrogen-bond donors (Lipinski definition) is 1. The van der Waals surface area contributed by atoms with Gasteiger partial charge in [0.05, 0.1) is 19.2 Å². The normalized spacial score (nSPS) is 14.5. The van der Waals surface area contributed by atoms with Crippen LogP contribution in [-0.2, 0) is 25.7 Å². The number of β-amino-alcohol motifs (C(OH)–C–C–N with tert-alkyl or cyclic N) is 1. The number of fused-ring (bicyclic) bond motifs is 4. The van der Waals surface area contributed by atoms with Crippen LogP contribution in [0.2, 0.25) is 0 Å². The maximum Gasteiger partial charge on any atom is 0.0898 e. The molecule has 34 heavy (non-hydrogen) atoms. The Labute approximate surface area is 201 Å². The van der Waals surface area contributed by atoms with Gasteiger partial charge >= 0.3 is 0 Å². The zero-order valence-corrected chi connectivity index (χ0v) is 19.4. The molecule has 170 valence electrons. The van der Waals surface area contributed by atoms with Crippen molar-refractivity contribution in [2.75, 3.05) is 22.9 Å². The highest BCUT2D eigenvalue weighted by Crippen LogP contribution is 2.38. The topological polar surface area (TPSA) is 26.7 Å². The fraction of sp³-hybridized carbons (Fsp3) is 0.226. The average molecular weight is 447 g/mol. The second-order valence-electron chi connectivity index (χ2n) is 9.39. The van der Waals surface area contributed by atoms with E-state index in [1.807, 2.05) is 0 Å². The minimum atomic E-state index is -0.529.